The Balaban J connectivity index is 2.45. The van der Waals surface area contributed by atoms with Crippen LogP contribution >= 0.6 is 0 Å². The number of urea groups is 1. The lowest BCUT2D eigenvalue weighted by Gasteiger charge is -2.06. The van der Waals surface area contributed by atoms with Gasteiger partial charge in [0.2, 0.25) is 0 Å². The highest BCUT2D eigenvalue weighted by Gasteiger charge is 2.12. The number of carbonyl (C=O) groups excluding carboxylic acids is 3. The fourth-order valence-electron chi connectivity index (χ4n) is 1.41. The Morgan fingerprint density at radius 3 is 2.57 bits per heavy atom. The molecule has 21 heavy (non-hydrogen) atoms. The van der Waals surface area contributed by atoms with Crippen molar-refractivity contribution in [3.8, 4) is 5.75 Å². The van der Waals surface area contributed by atoms with Gasteiger partial charge in [-0.05, 0) is 17.7 Å². The number of hydrogen-bond donors (Lipinski definition) is 2. The Hall–Kier alpha value is -2.64. The first kappa shape index (κ1) is 16.4. The number of ether oxygens (including phenoxy) is 2. The Bertz CT molecular complexity index is 547. The van der Waals surface area contributed by atoms with Crippen molar-refractivity contribution in [3.05, 3.63) is 29.6 Å². The highest BCUT2D eigenvalue weighted by molar-refractivity contribution is 5.95. The molecule has 8 heteroatoms. The van der Waals surface area contributed by atoms with Gasteiger partial charge in [0, 0.05) is 7.05 Å². The maximum Gasteiger partial charge on any atom is 0.321 e. The number of hydrogen-bond acceptors (Lipinski definition) is 5. The predicted octanol–water partition coefficient (Wildman–Crippen LogP) is 0.376. The summed E-state index contributed by atoms with van der Waals surface area (Å²) >= 11 is 0. The van der Waals surface area contributed by atoms with Crippen molar-refractivity contribution >= 4 is 17.9 Å². The number of methoxy groups -OCH3 is 1. The van der Waals surface area contributed by atoms with E-state index in [1.54, 1.807) is 0 Å². The molecule has 7 nitrogen and oxygen atoms in total. The van der Waals surface area contributed by atoms with Gasteiger partial charge in [-0.2, -0.15) is 0 Å². The Labute approximate surface area is 120 Å². The number of esters is 1. The largest absolute Gasteiger partial charge is 0.494 e. The van der Waals surface area contributed by atoms with E-state index in [0.717, 1.165) is 6.07 Å². The van der Waals surface area contributed by atoms with Gasteiger partial charge in [-0.1, -0.05) is 6.07 Å². The van der Waals surface area contributed by atoms with Gasteiger partial charge in [0.25, 0.3) is 5.91 Å². The molecule has 0 aliphatic carbocycles. The third-order valence-electron chi connectivity index (χ3n) is 2.41. The number of imide groups is 1. The Morgan fingerprint density at radius 1 is 1.29 bits per heavy atom. The summed E-state index contributed by atoms with van der Waals surface area (Å²) in [6.07, 6.45) is -0.200. The quantitative estimate of drug-likeness (QED) is 0.766. The summed E-state index contributed by atoms with van der Waals surface area (Å²) in [6, 6.07) is 3.34. The van der Waals surface area contributed by atoms with Gasteiger partial charge in [-0.15, -0.1) is 0 Å². The zero-order valence-corrected chi connectivity index (χ0v) is 11.6. The van der Waals surface area contributed by atoms with Crippen molar-refractivity contribution in [3.63, 3.8) is 0 Å². The van der Waals surface area contributed by atoms with Crippen molar-refractivity contribution < 1.29 is 28.2 Å². The highest BCUT2D eigenvalue weighted by Crippen LogP contribution is 2.18. The maximum atomic E-state index is 13.4. The van der Waals surface area contributed by atoms with Gasteiger partial charge in [0.05, 0.1) is 13.5 Å². The third-order valence-corrected chi connectivity index (χ3v) is 2.41. The van der Waals surface area contributed by atoms with E-state index in [2.05, 4.69) is 10.1 Å². The first-order valence-electron chi connectivity index (χ1n) is 5.96. The zero-order chi connectivity index (χ0) is 15.8. The molecule has 1 aromatic rings. The molecule has 1 aromatic carbocycles. The van der Waals surface area contributed by atoms with Crippen LogP contribution in [0.2, 0.25) is 0 Å². The van der Waals surface area contributed by atoms with Crippen LogP contribution in [0.5, 0.6) is 5.75 Å². The minimum Gasteiger partial charge on any atom is -0.494 e. The molecule has 0 aliphatic heterocycles. The van der Waals surface area contributed by atoms with Crippen LogP contribution in [0.4, 0.5) is 9.18 Å². The number of benzene rings is 1. The average Bonchev–Trinajstić information content (AvgIpc) is 2.45. The molecule has 0 saturated carbocycles. The summed E-state index contributed by atoms with van der Waals surface area (Å²) in [6.45, 7) is -0.592. The van der Waals surface area contributed by atoms with Crippen LogP contribution in [0, 0.1) is 5.82 Å². The summed E-state index contributed by atoms with van der Waals surface area (Å²) < 4.78 is 22.8. The number of nitrogens with one attached hydrogen (secondary N) is 2. The molecule has 114 valence electrons. The van der Waals surface area contributed by atoms with E-state index in [0.29, 0.717) is 5.56 Å². The second-order valence-corrected chi connectivity index (χ2v) is 3.93. The molecular weight excluding hydrogens is 283 g/mol. The zero-order valence-electron chi connectivity index (χ0n) is 11.6. The summed E-state index contributed by atoms with van der Waals surface area (Å²) in [4.78, 5) is 33.5. The average molecular weight is 298 g/mol. The van der Waals surface area contributed by atoms with Crippen LogP contribution in [0.15, 0.2) is 18.2 Å². The van der Waals surface area contributed by atoms with Crippen molar-refractivity contribution in [1.82, 2.24) is 10.6 Å². The second kappa shape index (κ2) is 7.83. The van der Waals surface area contributed by atoms with E-state index in [4.69, 9.17) is 4.74 Å². The van der Waals surface area contributed by atoms with Crippen molar-refractivity contribution in [2.45, 2.75) is 6.42 Å². The molecule has 0 unspecified atom stereocenters. The van der Waals surface area contributed by atoms with Crippen LogP contribution in [0.3, 0.4) is 0 Å². The minimum atomic E-state index is -0.761. The molecule has 0 aliphatic rings. The van der Waals surface area contributed by atoms with Gasteiger partial charge in [0.15, 0.2) is 18.2 Å². The molecule has 0 atom stereocenters. The maximum absolute atomic E-state index is 13.4. The van der Waals surface area contributed by atoms with E-state index in [9.17, 15) is 18.8 Å². The molecule has 0 aromatic heterocycles. The highest BCUT2D eigenvalue weighted by atomic mass is 19.1. The number of carbonyl (C=O) groups is 3. The smallest absolute Gasteiger partial charge is 0.321 e. The van der Waals surface area contributed by atoms with Crippen LogP contribution in [-0.2, 0) is 20.7 Å². The topological polar surface area (TPSA) is 93.7 Å². The molecule has 0 heterocycles. The minimum absolute atomic E-state index is 0.0667. The number of amides is 3. The van der Waals surface area contributed by atoms with E-state index in [1.807, 2.05) is 5.32 Å². The molecule has 0 radical (unpaired) electrons. The van der Waals surface area contributed by atoms with Crippen LogP contribution in [-0.4, -0.2) is 38.7 Å². The second-order valence-electron chi connectivity index (χ2n) is 3.93. The summed E-state index contributed by atoms with van der Waals surface area (Å²) in [5.74, 6) is -2.01. The molecular formula is C13H15FN2O5. The van der Waals surface area contributed by atoms with E-state index in [-0.39, 0.29) is 12.2 Å². The third kappa shape index (κ3) is 5.47. The van der Waals surface area contributed by atoms with Crippen LogP contribution in [0.25, 0.3) is 0 Å². The number of rotatable bonds is 5. The van der Waals surface area contributed by atoms with E-state index >= 15 is 0 Å². The van der Waals surface area contributed by atoms with Gasteiger partial charge in [-0.25, -0.2) is 9.18 Å². The first-order valence-corrected chi connectivity index (χ1v) is 5.96. The van der Waals surface area contributed by atoms with Crippen molar-refractivity contribution in [2.24, 2.45) is 0 Å². The first-order chi connectivity index (χ1) is 9.96. The van der Waals surface area contributed by atoms with Gasteiger partial charge >= 0.3 is 12.0 Å². The van der Waals surface area contributed by atoms with Crippen LogP contribution < -0.4 is 15.4 Å². The molecule has 0 saturated heterocycles. The van der Waals surface area contributed by atoms with Crippen molar-refractivity contribution in [1.29, 1.82) is 0 Å². The summed E-state index contributed by atoms with van der Waals surface area (Å²) in [5.41, 5.74) is 0.380. The molecule has 2 N–H and O–H groups in total. The predicted molar refractivity (Wildman–Crippen MR) is 70.2 cm³/mol. The Kier molecular flexibility index (Phi) is 6.12. The molecule has 1 rings (SSSR count). The summed E-state index contributed by atoms with van der Waals surface area (Å²) in [7, 11) is 2.67. The SMILES string of the molecule is CNC(=O)NC(=O)COC(=O)Cc1ccc(OC)c(F)c1. The van der Waals surface area contributed by atoms with E-state index < -0.39 is 30.3 Å². The lowest BCUT2D eigenvalue weighted by atomic mass is 10.1. The monoisotopic (exact) mass is 298 g/mol. The molecule has 0 fully saturated rings. The molecule has 0 spiro atoms. The fourth-order valence-corrected chi connectivity index (χ4v) is 1.41. The van der Waals surface area contributed by atoms with Gasteiger partial charge < -0.3 is 14.8 Å². The van der Waals surface area contributed by atoms with Gasteiger partial charge in [-0.3, -0.25) is 14.9 Å². The fraction of sp³-hybridized carbons (Fsp3) is 0.308. The standard InChI is InChI=1S/C13H15FN2O5/c1-15-13(19)16-11(17)7-21-12(18)6-8-3-4-10(20-2)9(14)5-8/h3-5H,6-7H2,1-2H3,(H2,15,16,17,19). The normalized spacial score (nSPS) is 9.67. The van der Waals surface area contributed by atoms with Crippen molar-refractivity contribution in [2.75, 3.05) is 20.8 Å². The molecule has 0 bridgehead atoms. The van der Waals surface area contributed by atoms with Gasteiger partial charge in [0.1, 0.15) is 0 Å². The summed E-state index contributed by atoms with van der Waals surface area (Å²) in [5, 5.41) is 4.11. The number of halogens is 1. The molecule has 3 amide bonds. The lowest BCUT2D eigenvalue weighted by Crippen LogP contribution is -2.39. The lowest BCUT2D eigenvalue weighted by molar-refractivity contribution is -0.147. The van der Waals surface area contributed by atoms with Crippen LogP contribution in [0.1, 0.15) is 5.56 Å². The van der Waals surface area contributed by atoms with E-state index in [1.165, 1.54) is 26.3 Å². The Morgan fingerprint density at radius 2 is 2.00 bits per heavy atom.